The first-order chi connectivity index (χ1) is 17.9. The van der Waals surface area contributed by atoms with Gasteiger partial charge in [0.1, 0.15) is 11.6 Å². The van der Waals surface area contributed by atoms with Gasteiger partial charge in [0, 0.05) is 19.1 Å². The molecule has 0 radical (unpaired) electrons. The van der Waals surface area contributed by atoms with Crippen molar-refractivity contribution >= 4 is 21.7 Å². The molecule has 206 valence electrons. The summed E-state index contributed by atoms with van der Waals surface area (Å²) in [6.45, 7) is 2.11. The quantitative estimate of drug-likeness (QED) is 0.547. The first-order valence-corrected chi connectivity index (χ1v) is 14.4. The van der Waals surface area contributed by atoms with Crippen LogP contribution in [0.15, 0.2) is 29.2 Å². The molecule has 9 nitrogen and oxygen atoms in total. The van der Waals surface area contributed by atoms with Crippen molar-refractivity contribution in [3.63, 3.8) is 0 Å². The summed E-state index contributed by atoms with van der Waals surface area (Å²) in [5.74, 6) is -0.953. The van der Waals surface area contributed by atoms with Crippen molar-refractivity contribution in [1.82, 2.24) is 20.4 Å². The topological polar surface area (TPSA) is 123 Å². The minimum atomic E-state index is -4.72. The smallest absolute Gasteiger partial charge is 0.336 e. The molecular formula is C25H30F3N5O4S. The van der Waals surface area contributed by atoms with Crippen LogP contribution in [0.1, 0.15) is 44.1 Å². The van der Waals surface area contributed by atoms with Gasteiger partial charge in [-0.15, -0.1) is 0 Å². The summed E-state index contributed by atoms with van der Waals surface area (Å²) in [7, 11) is -4.30. The number of benzene rings is 1. The van der Waals surface area contributed by atoms with E-state index in [2.05, 4.69) is 21.6 Å². The molecule has 4 aliphatic rings. The van der Waals surface area contributed by atoms with Gasteiger partial charge in [0.25, 0.3) is 0 Å². The van der Waals surface area contributed by atoms with Crippen molar-refractivity contribution in [2.75, 3.05) is 26.2 Å². The number of hydrogen-bond acceptors (Lipinski definition) is 7. The zero-order valence-corrected chi connectivity index (χ0v) is 21.5. The fourth-order valence-corrected chi connectivity index (χ4v) is 7.44. The maximum Gasteiger partial charge on any atom is 0.416 e. The van der Waals surface area contributed by atoms with Crippen LogP contribution in [0.2, 0.25) is 0 Å². The molecule has 3 aliphatic heterocycles. The summed E-state index contributed by atoms with van der Waals surface area (Å²) in [6, 6.07) is 4.19. The molecule has 0 spiro atoms. The van der Waals surface area contributed by atoms with Crippen molar-refractivity contribution in [2.24, 2.45) is 0 Å². The average Bonchev–Trinajstić information content (AvgIpc) is 3.48. The molecular weight excluding hydrogens is 523 g/mol. The van der Waals surface area contributed by atoms with Gasteiger partial charge in [0.2, 0.25) is 11.8 Å². The number of nitrogens with zero attached hydrogens (tertiary/aromatic N) is 3. The lowest BCUT2D eigenvalue weighted by atomic mass is 9.93. The van der Waals surface area contributed by atoms with Gasteiger partial charge >= 0.3 is 6.18 Å². The summed E-state index contributed by atoms with van der Waals surface area (Å²) in [5, 5.41) is 14.1. The van der Waals surface area contributed by atoms with Gasteiger partial charge in [-0.2, -0.15) is 18.4 Å². The first kappa shape index (κ1) is 26.9. The first-order valence-electron chi connectivity index (χ1n) is 12.9. The van der Waals surface area contributed by atoms with E-state index >= 15 is 0 Å². The molecule has 0 aromatic heterocycles. The van der Waals surface area contributed by atoms with E-state index < -0.39 is 55.3 Å². The second kappa shape index (κ2) is 9.81. The SMILES string of the molecule is N#CC1(NC(=O)[C@@H]2C[C@@H](S(=O)(=O)c3cccc(C(F)(F)F)c3)CN2C(=O)C2CCN2C2CCNCC2)CC1. The number of carbonyl (C=O) groups excluding carboxylic acids is 2. The molecule has 3 saturated heterocycles. The standard InChI is InChI=1S/C25H30F3N5O4S/c26-25(27,28)16-2-1-3-18(12-16)38(36,37)19-13-21(22(34)31-24(15-29)7-8-24)33(14-19)23(35)20-6-11-32(20)17-4-9-30-10-5-17/h1-3,12,17,19-21,30H,4-11,13-14H2,(H,31,34)/t19-,20?,21+/m1/s1. The van der Waals surface area contributed by atoms with E-state index in [9.17, 15) is 36.4 Å². The van der Waals surface area contributed by atoms with Gasteiger partial charge in [-0.1, -0.05) is 6.07 Å². The largest absolute Gasteiger partial charge is 0.416 e. The number of alkyl halides is 3. The lowest BCUT2D eigenvalue weighted by Crippen LogP contribution is -2.63. The minimum absolute atomic E-state index is 0.215. The van der Waals surface area contributed by atoms with Gasteiger partial charge in [0.15, 0.2) is 9.84 Å². The van der Waals surface area contributed by atoms with Crippen molar-refractivity contribution in [1.29, 1.82) is 5.26 Å². The van der Waals surface area contributed by atoms with E-state index in [1.54, 1.807) is 0 Å². The zero-order chi connectivity index (χ0) is 27.3. The number of rotatable bonds is 6. The predicted molar refractivity (Wildman–Crippen MR) is 129 cm³/mol. The maximum absolute atomic E-state index is 13.7. The Hall–Kier alpha value is -2.69. The highest BCUT2D eigenvalue weighted by Gasteiger charge is 2.52. The number of amides is 2. The van der Waals surface area contributed by atoms with Gasteiger partial charge in [-0.05, 0) is 69.8 Å². The Morgan fingerprint density at radius 2 is 1.84 bits per heavy atom. The van der Waals surface area contributed by atoms with E-state index in [4.69, 9.17) is 0 Å². The number of hydrogen-bond donors (Lipinski definition) is 2. The summed E-state index contributed by atoms with van der Waals surface area (Å²) in [4.78, 5) is 29.9. The lowest BCUT2D eigenvalue weighted by molar-refractivity contribution is -0.148. The van der Waals surface area contributed by atoms with Crippen LogP contribution in [0.4, 0.5) is 13.2 Å². The highest BCUT2D eigenvalue weighted by Crippen LogP contribution is 2.38. The molecule has 5 rings (SSSR count). The Bertz CT molecular complexity index is 1250. The third kappa shape index (κ3) is 5.01. The van der Waals surface area contributed by atoms with E-state index in [0.717, 1.165) is 50.7 Å². The second-order valence-corrected chi connectivity index (χ2v) is 12.9. The van der Waals surface area contributed by atoms with Crippen LogP contribution < -0.4 is 10.6 Å². The van der Waals surface area contributed by atoms with Gasteiger partial charge < -0.3 is 15.5 Å². The van der Waals surface area contributed by atoms with Crippen molar-refractivity contribution in [3.05, 3.63) is 29.8 Å². The number of likely N-dealkylation sites (tertiary alicyclic amines) is 2. The number of halogens is 3. The van der Waals surface area contributed by atoms with Gasteiger partial charge in [-0.25, -0.2) is 8.42 Å². The Morgan fingerprint density at radius 3 is 2.42 bits per heavy atom. The monoisotopic (exact) mass is 553 g/mol. The number of carbonyl (C=O) groups is 2. The molecule has 1 unspecified atom stereocenters. The van der Waals surface area contributed by atoms with E-state index in [-0.39, 0.29) is 24.9 Å². The number of sulfone groups is 1. The minimum Gasteiger partial charge on any atom is -0.336 e. The van der Waals surface area contributed by atoms with Crippen LogP contribution >= 0.6 is 0 Å². The molecule has 4 fully saturated rings. The zero-order valence-electron chi connectivity index (χ0n) is 20.7. The average molecular weight is 554 g/mol. The third-order valence-electron chi connectivity index (χ3n) is 8.23. The van der Waals surface area contributed by atoms with E-state index in [1.165, 1.54) is 4.90 Å². The van der Waals surface area contributed by atoms with Crippen LogP contribution in [0.25, 0.3) is 0 Å². The molecule has 1 aromatic carbocycles. The highest BCUT2D eigenvalue weighted by atomic mass is 32.2. The van der Waals surface area contributed by atoms with Crippen LogP contribution in [0.5, 0.6) is 0 Å². The molecule has 1 aromatic rings. The highest BCUT2D eigenvalue weighted by molar-refractivity contribution is 7.92. The van der Waals surface area contributed by atoms with Crippen molar-refractivity contribution in [2.45, 2.75) is 78.5 Å². The van der Waals surface area contributed by atoms with Gasteiger partial charge in [0.05, 0.1) is 27.8 Å². The summed E-state index contributed by atoms with van der Waals surface area (Å²) >= 11 is 0. The number of nitriles is 1. The van der Waals surface area contributed by atoms with Crippen LogP contribution in [-0.2, 0) is 25.6 Å². The van der Waals surface area contributed by atoms with Gasteiger partial charge in [-0.3, -0.25) is 14.5 Å². The Kier molecular flexibility index (Phi) is 6.94. The third-order valence-corrected chi connectivity index (χ3v) is 10.4. The Morgan fingerprint density at radius 1 is 1.13 bits per heavy atom. The molecule has 2 amide bonds. The summed E-state index contributed by atoms with van der Waals surface area (Å²) < 4.78 is 66.7. The molecule has 13 heteroatoms. The Labute approximate surface area is 219 Å². The van der Waals surface area contributed by atoms with E-state index in [0.29, 0.717) is 25.3 Å². The fourth-order valence-electron chi connectivity index (χ4n) is 5.70. The molecule has 3 atom stereocenters. The summed E-state index contributed by atoms with van der Waals surface area (Å²) in [5.41, 5.74) is -2.10. The molecule has 1 saturated carbocycles. The molecule has 1 aliphatic carbocycles. The number of nitrogens with one attached hydrogen (secondary N) is 2. The van der Waals surface area contributed by atoms with Crippen molar-refractivity contribution in [3.8, 4) is 6.07 Å². The molecule has 0 bridgehead atoms. The van der Waals surface area contributed by atoms with Crippen LogP contribution in [0, 0.1) is 11.3 Å². The van der Waals surface area contributed by atoms with Crippen LogP contribution in [-0.4, -0.2) is 85.1 Å². The molecule has 38 heavy (non-hydrogen) atoms. The second-order valence-electron chi connectivity index (χ2n) is 10.6. The normalized spacial score (nSPS) is 27.8. The maximum atomic E-state index is 13.7. The molecule has 3 heterocycles. The molecule has 2 N–H and O–H groups in total. The number of piperidine rings is 1. The van der Waals surface area contributed by atoms with E-state index in [1.807, 2.05) is 0 Å². The lowest BCUT2D eigenvalue weighted by Gasteiger charge is -2.48. The van der Waals surface area contributed by atoms with Crippen molar-refractivity contribution < 1.29 is 31.2 Å². The van der Waals surface area contributed by atoms with Crippen LogP contribution in [0.3, 0.4) is 0 Å². The Balaban J connectivity index is 1.40. The predicted octanol–water partition coefficient (Wildman–Crippen LogP) is 1.45. The summed E-state index contributed by atoms with van der Waals surface area (Å²) in [6.07, 6.45) is -1.69. The fraction of sp³-hybridized carbons (Fsp3) is 0.640.